The van der Waals surface area contributed by atoms with Crippen LogP contribution in [0, 0.1) is 5.92 Å². The summed E-state index contributed by atoms with van der Waals surface area (Å²) in [4.78, 5) is 17.4. The molecule has 0 spiro atoms. The van der Waals surface area contributed by atoms with E-state index in [-0.39, 0.29) is 18.0 Å². The first-order valence-corrected chi connectivity index (χ1v) is 9.11. The zero-order chi connectivity index (χ0) is 16.7. The van der Waals surface area contributed by atoms with Gasteiger partial charge in [-0.1, -0.05) is 25.0 Å². The van der Waals surface area contributed by atoms with Crippen molar-refractivity contribution < 1.29 is 4.79 Å². The molecule has 1 aromatic carbocycles. The molecule has 128 valence electrons. The predicted molar refractivity (Wildman–Crippen MR) is 94.6 cm³/mol. The van der Waals surface area contributed by atoms with Crippen LogP contribution in [0.15, 0.2) is 24.3 Å². The minimum atomic E-state index is -0.0978. The van der Waals surface area contributed by atoms with Crippen molar-refractivity contribution >= 4 is 16.9 Å². The molecule has 1 saturated heterocycles. The van der Waals surface area contributed by atoms with Gasteiger partial charge in [0.1, 0.15) is 5.82 Å². The van der Waals surface area contributed by atoms with E-state index in [9.17, 15) is 4.79 Å². The Balaban J connectivity index is 1.46. The summed E-state index contributed by atoms with van der Waals surface area (Å²) in [5.41, 5.74) is 2.07. The van der Waals surface area contributed by atoms with Gasteiger partial charge in [-0.2, -0.15) is 0 Å². The third-order valence-corrected chi connectivity index (χ3v) is 5.75. The van der Waals surface area contributed by atoms with E-state index in [1.807, 2.05) is 32.2 Å². The van der Waals surface area contributed by atoms with E-state index in [0.29, 0.717) is 12.0 Å². The number of aryl methyl sites for hydroxylation is 1. The van der Waals surface area contributed by atoms with Gasteiger partial charge in [-0.25, -0.2) is 4.98 Å². The lowest BCUT2D eigenvalue weighted by Crippen LogP contribution is -2.44. The summed E-state index contributed by atoms with van der Waals surface area (Å²) in [7, 11) is 2.01. The van der Waals surface area contributed by atoms with Crippen molar-refractivity contribution in [3.05, 3.63) is 30.1 Å². The van der Waals surface area contributed by atoms with Crippen LogP contribution in [0.2, 0.25) is 0 Å². The maximum Gasteiger partial charge on any atom is 0.237 e. The number of fused-ring (bicyclic) bond motifs is 2. The van der Waals surface area contributed by atoms with Gasteiger partial charge in [-0.3, -0.25) is 4.79 Å². The van der Waals surface area contributed by atoms with Crippen molar-refractivity contribution in [3.63, 3.8) is 0 Å². The standard InChI is InChI=1S/C19H26N4O/c1-12(18-22-15-9-5-6-10-17(15)23(18)2)20-19(24)16-11-13-7-3-4-8-14(13)21-16/h5-6,9-10,12-14,16,21H,3-4,7-8,11H2,1-2H3,(H,20,24). The molecule has 2 N–H and O–H groups in total. The molecular weight excluding hydrogens is 300 g/mol. The Hall–Kier alpha value is -1.88. The maximum absolute atomic E-state index is 12.7. The van der Waals surface area contributed by atoms with Crippen LogP contribution in [0.25, 0.3) is 11.0 Å². The lowest BCUT2D eigenvalue weighted by molar-refractivity contribution is -0.123. The summed E-state index contributed by atoms with van der Waals surface area (Å²) in [5.74, 6) is 1.70. The minimum absolute atomic E-state index is 0.0461. The number of hydrogen-bond acceptors (Lipinski definition) is 3. The van der Waals surface area contributed by atoms with Gasteiger partial charge >= 0.3 is 0 Å². The molecule has 4 rings (SSSR count). The van der Waals surface area contributed by atoms with Crippen LogP contribution in [0.1, 0.15) is 50.9 Å². The molecular formula is C19H26N4O. The lowest BCUT2D eigenvalue weighted by atomic mass is 9.85. The lowest BCUT2D eigenvalue weighted by Gasteiger charge is -2.24. The highest BCUT2D eigenvalue weighted by molar-refractivity contribution is 5.83. The Morgan fingerprint density at radius 2 is 2.12 bits per heavy atom. The molecule has 5 heteroatoms. The number of aromatic nitrogens is 2. The Morgan fingerprint density at radius 3 is 2.92 bits per heavy atom. The average molecular weight is 326 g/mol. The molecule has 4 unspecified atom stereocenters. The number of hydrogen-bond donors (Lipinski definition) is 2. The van der Waals surface area contributed by atoms with E-state index in [4.69, 9.17) is 4.98 Å². The van der Waals surface area contributed by atoms with Gasteiger partial charge in [-0.05, 0) is 44.2 Å². The third kappa shape index (κ3) is 2.71. The Morgan fingerprint density at radius 1 is 1.33 bits per heavy atom. The van der Waals surface area contributed by atoms with Gasteiger partial charge in [0.2, 0.25) is 5.91 Å². The maximum atomic E-state index is 12.7. The largest absolute Gasteiger partial charge is 0.345 e. The van der Waals surface area contributed by atoms with E-state index in [1.165, 1.54) is 25.7 Å². The normalized spacial score (nSPS) is 27.8. The first-order valence-electron chi connectivity index (χ1n) is 9.11. The van der Waals surface area contributed by atoms with Crippen LogP contribution in [-0.4, -0.2) is 27.5 Å². The monoisotopic (exact) mass is 326 g/mol. The zero-order valence-electron chi connectivity index (χ0n) is 14.5. The predicted octanol–water partition coefficient (Wildman–Crippen LogP) is 2.67. The Labute approximate surface area is 142 Å². The van der Waals surface area contributed by atoms with Crippen LogP contribution >= 0.6 is 0 Å². The molecule has 2 heterocycles. The SMILES string of the molecule is CC(NC(=O)C1CC2CCCCC2N1)c1nc2ccccc2n1C. The number of nitrogens with one attached hydrogen (secondary N) is 2. The Bertz CT molecular complexity index is 739. The zero-order valence-corrected chi connectivity index (χ0v) is 14.5. The average Bonchev–Trinajstić information content (AvgIpc) is 3.17. The number of amides is 1. The molecule has 1 aliphatic carbocycles. The summed E-state index contributed by atoms with van der Waals surface area (Å²) < 4.78 is 2.07. The second-order valence-corrected chi connectivity index (χ2v) is 7.35. The number of rotatable bonds is 3. The number of nitrogens with zero attached hydrogens (tertiary/aromatic N) is 2. The van der Waals surface area contributed by atoms with Gasteiger partial charge in [0.05, 0.1) is 23.1 Å². The fraction of sp³-hybridized carbons (Fsp3) is 0.579. The summed E-state index contributed by atoms with van der Waals surface area (Å²) in [6.45, 7) is 2.01. The summed E-state index contributed by atoms with van der Waals surface area (Å²) in [6.07, 6.45) is 6.06. The number of carbonyl (C=O) groups is 1. The van der Waals surface area contributed by atoms with Crippen LogP contribution in [0.5, 0.6) is 0 Å². The fourth-order valence-electron chi connectivity index (χ4n) is 4.45. The van der Waals surface area contributed by atoms with Crippen molar-refractivity contribution in [2.45, 2.75) is 57.2 Å². The van der Waals surface area contributed by atoms with Gasteiger partial charge < -0.3 is 15.2 Å². The fourth-order valence-corrected chi connectivity index (χ4v) is 4.45. The highest BCUT2D eigenvalue weighted by Gasteiger charge is 2.38. The second kappa shape index (κ2) is 6.20. The molecule has 0 radical (unpaired) electrons. The van der Waals surface area contributed by atoms with E-state index in [0.717, 1.165) is 23.3 Å². The second-order valence-electron chi connectivity index (χ2n) is 7.35. The highest BCUT2D eigenvalue weighted by Crippen LogP contribution is 2.33. The number of benzene rings is 1. The summed E-state index contributed by atoms with van der Waals surface area (Å²) in [6, 6.07) is 8.48. The van der Waals surface area contributed by atoms with Crippen molar-refractivity contribution in [2.75, 3.05) is 0 Å². The summed E-state index contributed by atoms with van der Waals surface area (Å²) in [5, 5.41) is 6.72. The summed E-state index contributed by atoms with van der Waals surface area (Å²) >= 11 is 0. The molecule has 2 fully saturated rings. The van der Waals surface area contributed by atoms with Crippen LogP contribution < -0.4 is 10.6 Å². The van der Waals surface area contributed by atoms with Gasteiger partial charge in [0.15, 0.2) is 0 Å². The van der Waals surface area contributed by atoms with E-state index in [1.54, 1.807) is 0 Å². The molecule has 1 saturated carbocycles. The topological polar surface area (TPSA) is 59.0 Å². The van der Waals surface area contributed by atoms with E-state index >= 15 is 0 Å². The number of para-hydroxylation sites is 2. The van der Waals surface area contributed by atoms with E-state index in [2.05, 4.69) is 21.3 Å². The van der Waals surface area contributed by atoms with E-state index < -0.39 is 0 Å². The van der Waals surface area contributed by atoms with Crippen molar-refractivity contribution in [2.24, 2.45) is 13.0 Å². The van der Waals surface area contributed by atoms with Gasteiger partial charge in [0.25, 0.3) is 0 Å². The molecule has 4 atom stereocenters. The molecule has 0 bridgehead atoms. The van der Waals surface area contributed by atoms with Gasteiger partial charge in [0, 0.05) is 13.1 Å². The van der Waals surface area contributed by atoms with Gasteiger partial charge in [-0.15, -0.1) is 0 Å². The van der Waals surface area contributed by atoms with Crippen molar-refractivity contribution in [3.8, 4) is 0 Å². The Kier molecular flexibility index (Phi) is 4.04. The van der Waals surface area contributed by atoms with Crippen LogP contribution in [0.4, 0.5) is 0 Å². The number of imidazole rings is 1. The molecule has 1 aliphatic heterocycles. The highest BCUT2D eigenvalue weighted by atomic mass is 16.2. The first-order chi connectivity index (χ1) is 11.6. The van der Waals surface area contributed by atoms with Crippen molar-refractivity contribution in [1.29, 1.82) is 0 Å². The van der Waals surface area contributed by atoms with Crippen LogP contribution in [0.3, 0.4) is 0 Å². The molecule has 5 nitrogen and oxygen atoms in total. The molecule has 24 heavy (non-hydrogen) atoms. The number of carbonyl (C=O) groups excluding carboxylic acids is 1. The molecule has 1 amide bonds. The molecule has 1 aromatic heterocycles. The first kappa shape index (κ1) is 15.6. The molecule has 2 aliphatic rings. The van der Waals surface area contributed by atoms with Crippen molar-refractivity contribution in [1.82, 2.24) is 20.2 Å². The smallest absolute Gasteiger partial charge is 0.237 e. The molecule has 2 aromatic rings. The third-order valence-electron chi connectivity index (χ3n) is 5.75. The quantitative estimate of drug-likeness (QED) is 0.912. The minimum Gasteiger partial charge on any atom is -0.345 e. The van der Waals surface area contributed by atoms with Crippen LogP contribution in [-0.2, 0) is 11.8 Å².